The van der Waals surface area contributed by atoms with E-state index in [4.69, 9.17) is 4.52 Å². The van der Waals surface area contributed by atoms with Crippen LogP contribution in [-0.4, -0.2) is 33.7 Å². The highest BCUT2D eigenvalue weighted by atomic mass is 32.2. The maximum atomic E-state index is 11.3. The molecular weight excluding hydrogens is 274 g/mol. The van der Waals surface area contributed by atoms with Crippen LogP contribution < -0.4 is 0 Å². The zero-order valence-electron chi connectivity index (χ0n) is 10.0. The van der Waals surface area contributed by atoms with Gasteiger partial charge in [0.05, 0.1) is 7.11 Å². The lowest BCUT2D eigenvalue weighted by Crippen LogP contribution is -2.14. The van der Waals surface area contributed by atoms with Crippen LogP contribution in [0.5, 0.6) is 0 Å². The lowest BCUT2D eigenvalue weighted by molar-refractivity contribution is -0.139. The number of aromatic nitrogens is 3. The van der Waals surface area contributed by atoms with Crippen molar-refractivity contribution in [2.24, 2.45) is 0 Å². The third kappa shape index (κ3) is 2.88. The number of nitrogens with zero attached hydrogens (tertiary/aromatic N) is 3. The van der Waals surface area contributed by atoms with Crippen LogP contribution >= 0.6 is 23.1 Å². The van der Waals surface area contributed by atoms with Crippen LogP contribution in [0.2, 0.25) is 0 Å². The van der Waals surface area contributed by atoms with E-state index in [1.165, 1.54) is 30.2 Å². The first-order valence-corrected chi connectivity index (χ1v) is 6.81. The Labute approximate surface area is 112 Å². The van der Waals surface area contributed by atoms with Gasteiger partial charge in [0.2, 0.25) is 0 Å². The summed E-state index contributed by atoms with van der Waals surface area (Å²) in [6.07, 6.45) is 0. The highest BCUT2D eigenvalue weighted by Gasteiger charge is 2.18. The first-order valence-electron chi connectivity index (χ1n) is 5.12. The monoisotopic (exact) mass is 285 g/mol. The Bertz CT molecular complexity index is 552. The maximum Gasteiger partial charge on any atom is 0.318 e. The smallest absolute Gasteiger partial charge is 0.318 e. The normalized spacial score (nSPS) is 12.4. The molecule has 18 heavy (non-hydrogen) atoms. The summed E-state index contributed by atoms with van der Waals surface area (Å²) in [6, 6.07) is 1.79. The predicted octanol–water partition coefficient (Wildman–Crippen LogP) is 2.16. The Kier molecular flexibility index (Phi) is 3.97. The summed E-state index contributed by atoms with van der Waals surface area (Å²) in [7, 11) is 1.36. The van der Waals surface area contributed by atoms with Gasteiger partial charge in [-0.3, -0.25) is 4.79 Å². The van der Waals surface area contributed by atoms with Crippen LogP contribution in [-0.2, 0) is 9.53 Å². The molecule has 0 aliphatic carbocycles. The average Bonchev–Trinajstić information content (AvgIpc) is 2.96. The molecule has 2 heterocycles. The Balaban J connectivity index is 2.09. The molecule has 8 heteroatoms. The van der Waals surface area contributed by atoms with Gasteiger partial charge in [0, 0.05) is 6.07 Å². The van der Waals surface area contributed by atoms with Crippen molar-refractivity contribution in [3.63, 3.8) is 0 Å². The van der Waals surface area contributed by atoms with Gasteiger partial charge in [0.15, 0.2) is 9.35 Å². The molecule has 0 amide bonds. The second kappa shape index (κ2) is 5.49. The second-order valence-electron chi connectivity index (χ2n) is 3.48. The fourth-order valence-electron chi connectivity index (χ4n) is 1.19. The fraction of sp³-hybridized carbons (Fsp3) is 0.400. The Morgan fingerprint density at radius 2 is 2.33 bits per heavy atom. The minimum atomic E-state index is -0.310. The van der Waals surface area contributed by atoms with Crippen LogP contribution in [0, 0.1) is 6.92 Å². The molecule has 0 spiro atoms. The summed E-state index contributed by atoms with van der Waals surface area (Å²) in [5, 5.41) is 12.2. The molecule has 0 fully saturated rings. The van der Waals surface area contributed by atoms with E-state index in [-0.39, 0.29) is 11.2 Å². The van der Waals surface area contributed by atoms with Crippen molar-refractivity contribution in [3.8, 4) is 10.7 Å². The molecule has 0 aliphatic rings. The first-order chi connectivity index (χ1) is 8.60. The zero-order valence-corrected chi connectivity index (χ0v) is 11.7. The van der Waals surface area contributed by atoms with Crippen molar-refractivity contribution < 1.29 is 14.1 Å². The number of esters is 1. The summed E-state index contributed by atoms with van der Waals surface area (Å²) in [4.78, 5) is 11.3. The van der Waals surface area contributed by atoms with Crippen molar-refractivity contribution in [1.29, 1.82) is 0 Å². The highest BCUT2D eigenvalue weighted by molar-refractivity contribution is 8.02. The van der Waals surface area contributed by atoms with Gasteiger partial charge < -0.3 is 9.26 Å². The van der Waals surface area contributed by atoms with Crippen LogP contribution in [0.3, 0.4) is 0 Å². The number of methoxy groups -OCH3 is 1. The van der Waals surface area contributed by atoms with E-state index in [1.807, 2.05) is 6.92 Å². The van der Waals surface area contributed by atoms with Gasteiger partial charge in [0.1, 0.15) is 16.7 Å². The molecule has 1 atom stereocenters. The highest BCUT2D eigenvalue weighted by Crippen LogP contribution is 2.31. The fourth-order valence-corrected chi connectivity index (χ4v) is 3.17. The molecule has 0 N–H and O–H groups in total. The van der Waals surface area contributed by atoms with Crippen LogP contribution in [0.15, 0.2) is 14.9 Å². The SMILES string of the molecule is COC(=O)C(C)Sc1nnc(-c2cc(C)on2)s1. The van der Waals surface area contributed by atoms with Crippen molar-refractivity contribution >= 4 is 29.1 Å². The lowest BCUT2D eigenvalue weighted by atomic mass is 10.4. The van der Waals surface area contributed by atoms with E-state index < -0.39 is 0 Å². The molecular formula is C10H11N3O3S2. The molecule has 6 nitrogen and oxygen atoms in total. The molecule has 0 aliphatic heterocycles. The van der Waals surface area contributed by atoms with Gasteiger partial charge in [-0.15, -0.1) is 10.2 Å². The Morgan fingerprint density at radius 1 is 1.56 bits per heavy atom. The second-order valence-corrected chi connectivity index (χ2v) is 6.04. The zero-order chi connectivity index (χ0) is 13.1. The molecule has 0 radical (unpaired) electrons. The number of hydrogen-bond acceptors (Lipinski definition) is 8. The number of hydrogen-bond donors (Lipinski definition) is 0. The minimum absolute atomic E-state index is 0.283. The Morgan fingerprint density at radius 3 is 2.94 bits per heavy atom. The van der Waals surface area contributed by atoms with Crippen LogP contribution in [0.25, 0.3) is 10.7 Å². The van der Waals surface area contributed by atoms with Crippen molar-refractivity contribution in [3.05, 3.63) is 11.8 Å². The predicted molar refractivity (Wildman–Crippen MR) is 67.5 cm³/mol. The largest absolute Gasteiger partial charge is 0.468 e. The van der Waals surface area contributed by atoms with Gasteiger partial charge in [-0.25, -0.2) is 0 Å². The van der Waals surface area contributed by atoms with E-state index in [1.54, 1.807) is 13.0 Å². The third-order valence-corrected chi connectivity index (χ3v) is 4.17. The summed E-state index contributed by atoms with van der Waals surface area (Å²) >= 11 is 2.68. The summed E-state index contributed by atoms with van der Waals surface area (Å²) < 4.78 is 10.3. The van der Waals surface area contributed by atoms with Gasteiger partial charge in [-0.1, -0.05) is 28.3 Å². The lowest BCUT2D eigenvalue weighted by Gasteiger charge is -2.04. The molecule has 0 aromatic carbocycles. The number of carbonyl (C=O) groups excluding carboxylic acids is 1. The van der Waals surface area contributed by atoms with E-state index in [2.05, 4.69) is 20.1 Å². The summed E-state index contributed by atoms with van der Waals surface area (Å²) in [5.41, 5.74) is 0.655. The van der Waals surface area contributed by atoms with Gasteiger partial charge in [-0.2, -0.15) is 0 Å². The van der Waals surface area contributed by atoms with Gasteiger partial charge in [0.25, 0.3) is 0 Å². The minimum Gasteiger partial charge on any atom is -0.468 e. The van der Waals surface area contributed by atoms with Gasteiger partial charge in [-0.05, 0) is 13.8 Å². The van der Waals surface area contributed by atoms with Crippen molar-refractivity contribution in [1.82, 2.24) is 15.4 Å². The quantitative estimate of drug-likeness (QED) is 0.629. The third-order valence-electron chi connectivity index (χ3n) is 2.06. The molecule has 2 rings (SSSR count). The number of aryl methyl sites for hydroxylation is 1. The van der Waals surface area contributed by atoms with Gasteiger partial charge >= 0.3 is 5.97 Å². The summed E-state index contributed by atoms with van der Waals surface area (Å²) in [6.45, 7) is 3.57. The molecule has 0 bridgehead atoms. The van der Waals surface area contributed by atoms with Crippen LogP contribution in [0.4, 0.5) is 0 Å². The molecule has 2 aromatic heterocycles. The van der Waals surface area contributed by atoms with Crippen molar-refractivity contribution in [2.75, 3.05) is 7.11 Å². The molecule has 2 aromatic rings. The Hall–Kier alpha value is -1.41. The number of ether oxygens (including phenoxy) is 1. The average molecular weight is 285 g/mol. The summed E-state index contributed by atoms with van der Waals surface area (Å²) in [5.74, 6) is 0.436. The first kappa shape index (κ1) is 13.0. The van der Waals surface area contributed by atoms with Crippen molar-refractivity contribution in [2.45, 2.75) is 23.4 Å². The molecule has 0 saturated heterocycles. The topological polar surface area (TPSA) is 78.1 Å². The number of rotatable bonds is 4. The maximum absolute atomic E-state index is 11.3. The van der Waals surface area contributed by atoms with E-state index in [9.17, 15) is 4.79 Å². The van der Waals surface area contributed by atoms with E-state index in [0.717, 1.165) is 5.76 Å². The number of thioether (sulfide) groups is 1. The van der Waals surface area contributed by atoms with E-state index in [0.29, 0.717) is 15.0 Å². The standard InChI is InChI=1S/C10H11N3O3S2/c1-5-4-7(13-16-5)8-11-12-10(18-8)17-6(2)9(14)15-3/h4,6H,1-3H3. The molecule has 96 valence electrons. The molecule has 1 unspecified atom stereocenters. The number of carbonyl (C=O) groups is 1. The van der Waals surface area contributed by atoms with Crippen LogP contribution in [0.1, 0.15) is 12.7 Å². The van der Waals surface area contributed by atoms with E-state index >= 15 is 0 Å². The molecule has 0 saturated carbocycles.